The second-order valence-electron chi connectivity index (χ2n) is 7.29. The van der Waals surface area contributed by atoms with Crippen molar-refractivity contribution in [3.63, 3.8) is 0 Å². The number of halogens is 1. The lowest BCUT2D eigenvalue weighted by Gasteiger charge is -2.22. The summed E-state index contributed by atoms with van der Waals surface area (Å²) in [6.07, 6.45) is 4.53. The van der Waals surface area contributed by atoms with Crippen molar-refractivity contribution in [3.8, 4) is 11.3 Å². The summed E-state index contributed by atoms with van der Waals surface area (Å²) in [5, 5.41) is 6.53. The van der Waals surface area contributed by atoms with E-state index in [2.05, 4.69) is 20.6 Å². The summed E-state index contributed by atoms with van der Waals surface area (Å²) in [6.45, 7) is 0.865. The molecule has 2 aromatic heterocycles. The van der Waals surface area contributed by atoms with Crippen LogP contribution in [0.25, 0.3) is 11.3 Å². The number of aromatic nitrogens is 3. The molecule has 4 rings (SSSR count). The summed E-state index contributed by atoms with van der Waals surface area (Å²) >= 11 is 5.92. The van der Waals surface area contributed by atoms with Crippen molar-refractivity contribution < 1.29 is 9.59 Å². The number of nitrogen functional groups attached to an aromatic ring is 1. The number of pyridine rings is 1. The maximum absolute atomic E-state index is 12.5. The predicted molar refractivity (Wildman–Crippen MR) is 118 cm³/mol. The molecule has 0 unspecified atom stereocenters. The van der Waals surface area contributed by atoms with Crippen LogP contribution >= 0.6 is 11.6 Å². The van der Waals surface area contributed by atoms with Crippen LogP contribution < -0.4 is 22.2 Å². The second kappa shape index (κ2) is 8.75. The van der Waals surface area contributed by atoms with E-state index in [4.69, 9.17) is 23.2 Å². The van der Waals surface area contributed by atoms with E-state index in [9.17, 15) is 9.59 Å². The topological polar surface area (TPSA) is 141 Å². The van der Waals surface area contributed by atoms with E-state index in [1.165, 1.54) is 10.9 Å². The molecule has 6 N–H and O–H groups in total. The van der Waals surface area contributed by atoms with Crippen LogP contribution in [0.15, 0.2) is 42.6 Å². The standard InChI is InChI=1S/C21H22ClN7O2/c22-14-8-10-26-16(11-14)27-21(31)13-6-4-12(5-7-13)17-18(19(23)30)29(24)20(28-17)15-3-1-2-9-25-15/h4-8,10-11,15,25H,1-3,9,24H2,(H2,23,30)(H,26,27,31)/t15-/m0/s1. The van der Waals surface area contributed by atoms with Crippen molar-refractivity contribution in [2.24, 2.45) is 5.73 Å². The van der Waals surface area contributed by atoms with Gasteiger partial charge in [-0.3, -0.25) is 9.59 Å². The Morgan fingerprint density at radius 2 is 1.97 bits per heavy atom. The molecule has 160 valence electrons. The third-order valence-corrected chi connectivity index (χ3v) is 5.41. The van der Waals surface area contributed by atoms with Crippen LogP contribution in [0.4, 0.5) is 5.82 Å². The fraction of sp³-hybridized carbons (Fsp3) is 0.238. The average Bonchev–Trinajstić information content (AvgIpc) is 3.12. The molecule has 0 bridgehead atoms. The predicted octanol–water partition coefficient (Wildman–Crippen LogP) is 2.48. The van der Waals surface area contributed by atoms with Gasteiger partial charge in [-0.1, -0.05) is 30.2 Å². The Kier molecular flexibility index (Phi) is 5.88. The molecule has 1 fully saturated rings. The summed E-state index contributed by atoms with van der Waals surface area (Å²) in [5.74, 6) is 6.09. The van der Waals surface area contributed by atoms with Gasteiger partial charge in [-0.15, -0.1) is 0 Å². The number of primary amides is 1. The molecule has 9 nitrogen and oxygen atoms in total. The number of nitrogens with two attached hydrogens (primary N) is 2. The third kappa shape index (κ3) is 4.37. The Morgan fingerprint density at radius 1 is 1.19 bits per heavy atom. The molecule has 1 aliphatic heterocycles. The first-order valence-corrected chi connectivity index (χ1v) is 10.3. The molecule has 0 spiro atoms. The molecule has 2 amide bonds. The van der Waals surface area contributed by atoms with Gasteiger partial charge in [0.25, 0.3) is 11.8 Å². The number of imidazole rings is 1. The molecular weight excluding hydrogens is 418 g/mol. The van der Waals surface area contributed by atoms with Crippen LogP contribution in [0, 0.1) is 0 Å². The Morgan fingerprint density at radius 3 is 2.61 bits per heavy atom. The molecule has 31 heavy (non-hydrogen) atoms. The number of hydrogen-bond acceptors (Lipinski definition) is 6. The zero-order valence-corrected chi connectivity index (χ0v) is 17.4. The molecule has 1 aromatic carbocycles. The number of carbonyl (C=O) groups is 2. The first-order chi connectivity index (χ1) is 14.9. The maximum Gasteiger partial charge on any atom is 0.269 e. The summed E-state index contributed by atoms with van der Waals surface area (Å²) < 4.78 is 1.27. The molecule has 0 radical (unpaired) electrons. The van der Waals surface area contributed by atoms with E-state index in [-0.39, 0.29) is 17.6 Å². The summed E-state index contributed by atoms with van der Waals surface area (Å²) in [5.41, 5.74) is 7.15. The minimum atomic E-state index is -0.666. The van der Waals surface area contributed by atoms with Crippen molar-refractivity contribution in [1.29, 1.82) is 0 Å². The molecule has 1 aliphatic rings. The van der Waals surface area contributed by atoms with Gasteiger partial charge in [0, 0.05) is 22.3 Å². The third-order valence-electron chi connectivity index (χ3n) is 5.18. The normalized spacial score (nSPS) is 16.1. The zero-order chi connectivity index (χ0) is 22.0. The van der Waals surface area contributed by atoms with Crippen LogP contribution in [0.5, 0.6) is 0 Å². The minimum absolute atomic E-state index is 0.0409. The number of amides is 2. The van der Waals surface area contributed by atoms with Gasteiger partial charge in [0.15, 0.2) is 5.69 Å². The van der Waals surface area contributed by atoms with E-state index < -0.39 is 5.91 Å². The maximum atomic E-state index is 12.5. The molecule has 10 heteroatoms. The molecule has 3 heterocycles. The van der Waals surface area contributed by atoms with Crippen LogP contribution in [-0.2, 0) is 0 Å². The van der Waals surface area contributed by atoms with Crippen LogP contribution in [0.1, 0.15) is 52.0 Å². The highest BCUT2D eigenvalue weighted by molar-refractivity contribution is 6.30. The van der Waals surface area contributed by atoms with Crippen LogP contribution in [-0.4, -0.2) is 33.0 Å². The van der Waals surface area contributed by atoms with Gasteiger partial charge in [0.05, 0.1) is 6.04 Å². The highest BCUT2D eigenvalue weighted by Gasteiger charge is 2.27. The molecule has 1 saturated heterocycles. The number of nitrogens with one attached hydrogen (secondary N) is 2. The van der Waals surface area contributed by atoms with Crippen molar-refractivity contribution in [3.05, 3.63) is 64.7 Å². The van der Waals surface area contributed by atoms with Gasteiger partial charge in [-0.05, 0) is 43.7 Å². The molecule has 1 atom stereocenters. The van der Waals surface area contributed by atoms with E-state index in [0.29, 0.717) is 33.5 Å². The number of anilines is 1. The summed E-state index contributed by atoms with van der Waals surface area (Å²) in [7, 11) is 0. The highest BCUT2D eigenvalue weighted by atomic mass is 35.5. The minimum Gasteiger partial charge on any atom is -0.364 e. The Labute approximate surface area is 183 Å². The SMILES string of the molecule is NC(=O)c1c(-c2ccc(C(=O)Nc3cc(Cl)ccn3)cc2)nc([C@@H]2CCCCN2)n1N. The fourth-order valence-electron chi connectivity index (χ4n) is 3.65. The lowest BCUT2D eigenvalue weighted by atomic mass is 10.0. The first-order valence-electron chi connectivity index (χ1n) is 9.88. The second-order valence-corrected chi connectivity index (χ2v) is 7.73. The monoisotopic (exact) mass is 439 g/mol. The number of benzene rings is 1. The molecule has 0 aliphatic carbocycles. The Bertz CT molecular complexity index is 1120. The van der Waals surface area contributed by atoms with Crippen LogP contribution in [0.3, 0.4) is 0 Å². The average molecular weight is 440 g/mol. The number of nitrogens with zero attached hydrogens (tertiary/aromatic N) is 3. The summed E-state index contributed by atoms with van der Waals surface area (Å²) in [6, 6.07) is 9.81. The molecular formula is C21H22ClN7O2. The number of piperidine rings is 1. The lowest BCUT2D eigenvalue weighted by Crippen LogP contribution is -2.32. The van der Waals surface area contributed by atoms with Gasteiger partial charge in [-0.25, -0.2) is 14.6 Å². The number of hydrogen-bond donors (Lipinski definition) is 4. The smallest absolute Gasteiger partial charge is 0.269 e. The molecule has 3 aromatic rings. The fourth-order valence-corrected chi connectivity index (χ4v) is 3.81. The van der Waals surface area contributed by atoms with E-state index in [1.54, 1.807) is 36.4 Å². The number of rotatable bonds is 5. The summed E-state index contributed by atoms with van der Waals surface area (Å²) in [4.78, 5) is 33.3. The van der Waals surface area contributed by atoms with Gasteiger partial charge < -0.3 is 22.2 Å². The van der Waals surface area contributed by atoms with Crippen molar-refractivity contribution in [1.82, 2.24) is 20.0 Å². The van der Waals surface area contributed by atoms with Crippen LogP contribution in [0.2, 0.25) is 5.02 Å². The van der Waals surface area contributed by atoms with E-state index >= 15 is 0 Å². The van der Waals surface area contributed by atoms with E-state index in [1.807, 2.05) is 0 Å². The Balaban J connectivity index is 1.61. The lowest BCUT2D eigenvalue weighted by molar-refractivity contribution is 0.0991. The van der Waals surface area contributed by atoms with Gasteiger partial charge in [-0.2, -0.15) is 0 Å². The van der Waals surface area contributed by atoms with Crippen molar-refractivity contribution in [2.45, 2.75) is 25.3 Å². The highest BCUT2D eigenvalue weighted by Crippen LogP contribution is 2.29. The largest absolute Gasteiger partial charge is 0.364 e. The van der Waals surface area contributed by atoms with Gasteiger partial charge in [0.2, 0.25) is 0 Å². The quantitative estimate of drug-likeness (QED) is 0.450. The van der Waals surface area contributed by atoms with Gasteiger partial charge in [0.1, 0.15) is 17.3 Å². The number of carbonyl (C=O) groups excluding carboxylic acids is 2. The van der Waals surface area contributed by atoms with Gasteiger partial charge >= 0.3 is 0 Å². The van der Waals surface area contributed by atoms with Crippen molar-refractivity contribution >= 4 is 29.2 Å². The van der Waals surface area contributed by atoms with Crippen molar-refractivity contribution in [2.75, 3.05) is 17.7 Å². The zero-order valence-electron chi connectivity index (χ0n) is 16.6. The first kappa shape index (κ1) is 20.8. The van der Waals surface area contributed by atoms with E-state index in [0.717, 1.165) is 25.8 Å². The molecule has 0 saturated carbocycles. The Hall–Kier alpha value is -3.43.